The van der Waals surface area contributed by atoms with Gasteiger partial charge in [-0.3, -0.25) is 9.78 Å². The number of aliphatic hydroxyl groups excluding tert-OH is 1. The van der Waals surface area contributed by atoms with E-state index in [0.29, 0.717) is 0 Å². The Balaban J connectivity index is 0.000000243. The topological polar surface area (TPSA) is 63.1 Å². The molecule has 0 atom stereocenters. The van der Waals surface area contributed by atoms with E-state index in [0.717, 1.165) is 53.5 Å². The molecule has 2 aliphatic carbocycles. The summed E-state index contributed by atoms with van der Waals surface area (Å²) in [5.41, 5.74) is 8.09. The molecule has 0 saturated heterocycles. The van der Waals surface area contributed by atoms with Gasteiger partial charge < -0.3 is 10.1 Å². The number of pyridine rings is 2. The van der Waals surface area contributed by atoms with E-state index in [4.69, 9.17) is 9.97 Å². The second-order valence-electron chi connectivity index (χ2n) is 12.0. The number of hydrogen-bond acceptors (Lipinski definition) is 4. The Morgan fingerprint density at radius 2 is 1.60 bits per heavy atom. The Morgan fingerprint density at radius 3 is 2.23 bits per heavy atom. The van der Waals surface area contributed by atoms with Gasteiger partial charge in [-0.15, -0.1) is 12.1 Å². The zero-order chi connectivity index (χ0) is 28.5. The Morgan fingerprint density at radius 1 is 0.975 bits per heavy atom. The van der Waals surface area contributed by atoms with Crippen LogP contribution in [0.15, 0.2) is 54.4 Å². The van der Waals surface area contributed by atoms with E-state index < -0.39 is 0 Å². The second kappa shape index (κ2) is 12.5. The van der Waals surface area contributed by atoms with E-state index >= 15 is 0 Å². The van der Waals surface area contributed by atoms with Crippen molar-refractivity contribution >= 4 is 22.3 Å². The van der Waals surface area contributed by atoms with Crippen LogP contribution >= 0.6 is 0 Å². The van der Waals surface area contributed by atoms with Crippen LogP contribution in [0.3, 0.4) is 0 Å². The molecule has 5 rings (SSSR count). The summed E-state index contributed by atoms with van der Waals surface area (Å²) in [4.78, 5) is 21.5. The summed E-state index contributed by atoms with van der Waals surface area (Å²) in [5.74, 6) is 0.547. The third-order valence-electron chi connectivity index (χ3n) is 8.64. The molecule has 5 heteroatoms. The minimum absolute atomic E-state index is 0. The van der Waals surface area contributed by atoms with Crippen molar-refractivity contribution in [3.05, 3.63) is 77.3 Å². The van der Waals surface area contributed by atoms with E-state index in [-0.39, 0.29) is 54.3 Å². The molecule has 0 amide bonds. The van der Waals surface area contributed by atoms with Crippen LogP contribution in [0.4, 0.5) is 0 Å². The van der Waals surface area contributed by atoms with Crippen molar-refractivity contribution in [1.82, 2.24) is 9.97 Å². The second-order valence-corrected chi connectivity index (χ2v) is 12.0. The number of nitrogens with zero attached hydrogens (tertiary/aromatic N) is 2. The minimum Gasteiger partial charge on any atom is -0.512 e. The predicted molar refractivity (Wildman–Crippen MR) is 162 cm³/mol. The Labute approximate surface area is 253 Å². The number of carbonyl (C=O) groups excluding carboxylic acids is 1. The van der Waals surface area contributed by atoms with Crippen LogP contribution in [0.25, 0.3) is 27.7 Å². The molecule has 1 aromatic carbocycles. The SMILES string of the molecule is CC1(C)C=C2c3c1ccnc3-c1[c-]c3ccccc3nc1C2(C)C.CCC(CC)C(=O)/C=C(\O)C(CC)CC.[Ir]. The Kier molecular flexibility index (Phi) is 9.96. The van der Waals surface area contributed by atoms with Crippen molar-refractivity contribution in [2.45, 2.75) is 91.9 Å². The molecule has 215 valence electrons. The van der Waals surface area contributed by atoms with Gasteiger partial charge in [-0.2, -0.15) is 0 Å². The summed E-state index contributed by atoms with van der Waals surface area (Å²) in [5, 5.41) is 10.8. The molecule has 0 saturated carbocycles. The van der Waals surface area contributed by atoms with Gasteiger partial charge in [-0.25, -0.2) is 0 Å². The van der Waals surface area contributed by atoms with Crippen LogP contribution in [-0.4, -0.2) is 20.9 Å². The van der Waals surface area contributed by atoms with E-state index in [9.17, 15) is 9.90 Å². The zero-order valence-corrected chi connectivity index (χ0v) is 27.6. The molecule has 4 nitrogen and oxygen atoms in total. The van der Waals surface area contributed by atoms with Crippen molar-refractivity contribution in [2.24, 2.45) is 11.8 Å². The molecule has 40 heavy (non-hydrogen) atoms. The zero-order valence-electron chi connectivity index (χ0n) is 25.2. The first-order valence-corrected chi connectivity index (χ1v) is 14.5. The standard InChI is InChI=1S/C22H19N2.C13H24O2.Ir/c1-21(2)12-16-18-15(21)9-10-23-19(18)14-11-13-7-5-6-8-17(13)24-20(14)22(16,3)4;1-5-10(6-2)12(14)9-13(15)11(7-3)8-4;/h5-10,12H,1-4H3;9-11,14H,5-8H2,1-4H3;/q-1;;/b;12-9-;. The van der Waals surface area contributed by atoms with E-state index in [1.165, 1.54) is 22.8 Å². The van der Waals surface area contributed by atoms with Gasteiger partial charge in [0.05, 0.1) is 5.76 Å². The average Bonchev–Trinajstić information content (AvgIpc) is 3.20. The number of allylic oxidation sites excluding steroid dienone is 4. The predicted octanol–water partition coefficient (Wildman–Crippen LogP) is 8.93. The molecule has 0 unspecified atom stereocenters. The maximum atomic E-state index is 11.7. The summed E-state index contributed by atoms with van der Waals surface area (Å²) in [6, 6.07) is 14.0. The monoisotopic (exact) mass is 716 g/mol. The van der Waals surface area contributed by atoms with Crippen LogP contribution in [0, 0.1) is 17.9 Å². The molecular formula is C35H43IrN2O2-. The van der Waals surface area contributed by atoms with Gasteiger partial charge in [-0.05, 0) is 59.7 Å². The van der Waals surface area contributed by atoms with E-state index in [1.54, 1.807) is 0 Å². The number of aliphatic hydroxyl groups is 1. The molecular weight excluding hydrogens is 673 g/mol. The van der Waals surface area contributed by atoms with Gasteiger partial charge in [0.25, 0.3) is 0 Å². The first-order valence-electron chi connectivity index (χ1n) is 14.5. The normalized spacial score (nSPS) is 16.1. The first kappa shape index (κ1) is 31.9. The molecule has 2 aliphatic rings. The fourth-order valence-electron chi connectivity index (χ4n) is 6.04. The molecule has 0 spiro atoms. The Hall–Kier alpha value is -2.62. The van der Waals surface area contributed by atoms with Crippen molar-refractivity contribution in [2.75, 3.05) is 0 Å². The number of fused-ring (bicyclic) bond motifs is 3. The Bertz CT molecular complexity index is 1440. The van der Waals surface area contributed by atoms with Gasteiger partial charge >= 0.3 is 0 Å². The summed E-state index contributed by atoms with van der Waals surface area (Å²) in [6.07, 6.45) is 9.24. The number of benzene rings is 1. The largest absolute Gasteiger partial charge is 0.512 e. The third kappa shape index (κ3) is 5.74. The maximum absolute atomic E-state index is 11.7. The number of aromatic nitrogens is 2. The van der Waals surface area contributed by atoms with Crippen molar-refractivity contribution < 1.29 is 30.0 Å². The number of carbonyl (C=O) groups is 1. The number of para-hydroxylation sites is 1. The summed E-state index contributed by atoms with van der Waals surface area (Å²) < 4.78 is 0. The van der Waals surface area contributed by atoms with Gasteiger partial charge in [0.15, 0.2) is 5.78 Å². The molecule has 1 radical (unpaired) electrons. The van der Waals surface area contributed by atoms with Crippen LogP contribution in [0.1, 0.15) is 97.9 Å². The third-order valence-corrected chi connectivity index (χ3v) is 8.64. The summed E-state index contributed by atoms with van der Waals surface area (Å²) in [7, 11) is 0. The average molecular weight is 716 g/mol. The van der Waals surface area contributed by atoms with Gasteiger partial charge in [0.2, 0.25) is 0 Å². The summed E-state index contributed by atoms with van der Waals surface area (Å²) in [6.45, 7) is 17.2. The first-order chi connectivity index (χ1) is 18.5. The van der Waals surface area contributed by atoms with Crippen LogP contribution in [0.2, 0.25) is 0 Å². The van der Waals surface area contributed by atoms with Gasteiger partial charge in [0.1, 0.15) is 0 Å². The number of hydrogen-bond donors (Lipinski definition) is 1. The quantitative estimate of drug-likeness (QED) is 0.151. The number of ketones is 1. The molecule has 3 aromatic rings. The molecule has 0 bridgehead atoms. The molecule has 1 N–H and O–H groups in total. The van der Waals surface area contributed by atoms with Crippen LogP contribution in [0.5, 0.6) is 0 Å². The van der Waals surface area contributed by atoms with Gasteiger partial charge in [0, 0.05) is 60.7 Å². The fourth-order valence-corrected chi connectivity index (χ4v) is 6.04. The fraction of sp³-hybridized carbons (Fsp3) is 0.457. The van der Waals surface area contributed by atoms with Crippen LogP contribution in [-0.2, 0) is 35.7 Å². The smallest absolute Gasteiger partial charge is 0.162 e. The van der Waals surface area contributed by atoms with Gasteiger partial charge in [-0.1, -0.05) is 90.6 Å². The van der Waals surface area contributed by atoms with E-state index in [1.807, 2.05) is 46.0 Å². The van der Waals surface area contributed by atoms with Crippen molar-refractivity contribution in [1.29, 1.82) is 0 Å². The van der Waals surface area contributed by atoms with Crippen LogP contribution < -0.4 is 0 Å². The number of rotatable bonds is 7. The molecule has 2 heterocycles. The van der Waals surface area contributed by atoms with Crippen molar-refractivity contribution in [3.63, 3.8) is 0 Å². The minimum atomic E-state index is -0.144. The molecule has 2 aromatic heterocycles. The van der Waals surface area contributed by atoms with E-state index in [2.05, 4.69) is 58.0 Å². The van der Waals surface area contributed by atoms with Crippen molar-refractivity contribution in [3.8, 4) is 11.3 Å². The molecule has 0 fully saturated rings. The summed E-state index contributed by atoms with van der Waals surface area (Å²) >= 11 is 0. The maximum Gasteiger partial charge on any atom is 0.162 e. The molecule has 0 aliphatic heterocycles.